The lowest BCUT2D eigenvalue weighted by molar-refractivity contribution is -0.300. The molecule has 0 unspecified atom stereocenters. The minimum atomic E-state index is -1.36. The predicted octanol–water partition coefficient (Wildman–Crippen LogP) is -2.18. The molecule has 1 rings (SSSR count). The van der Waals surface area contributed by atoms with Crippen LogP contribution in [0.1, 0.15) is 6.92 Å². The molecule has 1 aliphatic rings. The van der Waals surface area contributed by atoms with Gasteiger partial charge in [-0.3, -0.25) is 0 Å². The SMILES string of the molecule is CCO[C@H]1O[C@H](CO)[C@@H](O)[C@@H](O)[C@H]1O. The summed E-state index contributed by atoms with van der Waals surface area (Å²) >= 11 is 0. The minimum Gasteiger partial charge on any atom is -0.394 e. The number of aliphatic hydroxyl groups excluding tert-OH is 4. The monoisotopic (exact) mass is 208 g/mol. The number of aliphatic hydroxyl groups is 4. The molecule has 0 aromatic carbocycles. The second-order valence-corrected chi connectivity index (χ2v) is 3.15. The van der Waals surface area contributed by atoms with Gasteiger partial charge in [-0.25, -0.2) is 0 Å². The highest BCUT2D eigenvalue weighted by Crippen LogP contribution is 2.21. The van der Waals surface area contributed by atoms with Gasteiger partial charge in [0.25, 0.3) is 0 Å². The molecule has 1 aliphatic heterocycles. The van der Waals surface area contributed by atoms with Crippen molar-refractivity contribution in [2.24, 2.45) is 0 Å². The molecule has 5 atom stereocenters. The maximum Gasteiger partial charge on any atom is 0.186 e. The van der Waals surface area contributed by atoms with Crippen LogP contribution in [0.15, 0.2) is 0 Å². The van der Waals surface area contributed by atoms with Gasteiger partial charge in [0.05, 0.1) is 6.61 Å². The Morgan fingerprint density at radius 3 is 2.29 bits per heavy atom. The Bertz CT molecular complexity index is 171. The number of hydrogen-bond donors (Lipinski definition) is 4. The molecule has 0 aromatic rings. The molecule has 6 nitrogen and oxygen atoms in total. The van der Waals surface area contributed by atoms with E-state index in [1.807, 2.05) is 0 Å². The highest BCUT2D eigenvalue weighted by atomic mass is 16.7. The summed E-state index contributed by atoms with van der Waals surface area (Å²) < 4.78 is 10.0. The Labute approximate surface area is 81.7 Å². The molecule has 0 spiro atoms. The van der Waals surface area contributed by atoms with E-state index >= 15 is 0 Å². The standard InChI is InChI=1S/C8H16O6/c1-2-13-8-7(12)6(11)5(10)4(3-9)14-8/h4-12H,2-3H2,1H3/t4-,5-,6-,7-,8+/m1/s1. The van der Waals surface area contributed by atoms with Crippen LogP contribution >= 0.6 is 0 Å². The molecule has 0 amide bonds. The van der Waals surface area contributed by atoms with Crippen molar-refractivity contribution in [1.82, 2.24) is 0 Å². The van der Waals surface area contributed by atoms with Crippen LogP contribution in [0.5, 0.6) is 0 Å². The van der Waals surface area contributed by atoms with Gasteiger partial charge in [0.2, 0.25) is 0 Å². The molecule has 6 heteroatoms. The zero-order valence-corrected chi connectivity index (χ0v) is 7.91. The van der Waals surface area contributed by atoms with Gasteiger partial charge in [-0.1, -0.05) is 0 Å². The first kappa shape index (κ1) is 11.8. The zero-order chi connectivity index (χ0) is 10.7. The first-order valence-electron chi connectivity index (χ1n) is 4.54. The van der Waals surface area contributed by atoms with Crippen molar-refractivity contribution in [3.8, 4) is 0 Å². The van der Waals surface area contributed by atoms with E-state index in [2.05, 4.69) is 0 Å². The average molecular weight is 208 g/mol. The summed E-state index contributed by atoms with van der Waals surface area (Å²) in [6, 6.07) is 0. The first-order valence-corrected chi connectivity index (χ1v) is 4.54. The summed E-state index contributed by atoms with van der Waals surface area (Å²) in [6.45, 7) is 1.58. The maximum absolute atomic E-state index is 9.41. The number of rotatable bonds is 3. The highest BCUT2D eigenvalue weighted by Gasteiger charge is 2.43. The van der Waals surface area contributed by atoms with Crippen molar-refractivity contribution in [1.29, 1.82) is 0 Å². The Hall–Kier alpha value is -0.240. The Kier molecular flexibility index (Phi) is 4.24. The molecule has 1 fully saturated rings. The molecule has 84 valence electrons. The van der Waals surface area contributed by atoms with Crippen LogP contribution in [0.2, 0.25) is 0 Å². The molecular formula is C8H16O6. The van der Waals surface area contributed by atoms with Gasteiger partial charge in [0, 0.05) is 6.61 Å². The summed E-state index contributed by atoms with van der Waals surface area (Å²) in [5, 5.41) is 36.9. The fraction of sp³-hybridized carbons (Fsp3) is 1.00. The van der Waals surface area contributed by atoms with Crippen LogP contribution in [-0.4, -0.2) is 64.3 Å². The third kappa shape index (κ3) is 2.22. The van der Waals surface area contributed by atoms with Crippen LogP contribution in [0.25, 0.3) is 0 Å². The first-order chi connectivity index (χ1) is 6.61. The summed E-state index contributed by atoms with van der Waals surface area (Å²) in [5.41, 5.74) is 0. The molecular weight excluding hydrogens is 192 g/mol. The molecule has 0 aromatic heterocycles. The van der Waals surface area contributed by atoms with Gasteiger partial charge in [-0.2, -0.15) is 0 Å². The third-order valence-corrected chi connectivity index (χ3v) is 2.18. The van der Waals surface area contributed by atoms with E-state index in [1.54, 1.807) is 6.92 Å². The molecule has 0 radical (unpaired) electrons. The lowest BCUT2D eigenvalue weighted by atomic mass is 9.99. The summed E-state index contributed by atoms with van der Waals surface area (Å²) in [5.74, 6) is 0. The lowest BCUT2D eigenvalue weighted by Gasteiger charge is -2.39. The highest BCUT2D eigenvalue weighted by molar-refractivity contribution is 4.88. The van der Waals surface area contributed by atoms with Crippen LogP contribution in [-0.2, 0) is 9.47 Å². The molecule has 0 aliphatic carbocycles. The van der Waals surface area contributed by atoms with E-state index in [9.17, 15) is 15.3 Å². The lowest BCUT2D eigenvalue weighted by Crippen LogP contribution is -2.59. The van der Waals surface area contributed by atoms with E-state index in [1.165, 1.54) is 0 Å². The topological polar surface area (TPSA) is 99.4 Å². The van der Waals surface area contributed by atoms with Gasteiger partial charge in [-0.15, -0.1) is 0 Å². The maximum atomic E-state index is 9.41. The van der Waals surface area contributed by atoms with Crippen molar-refractivity contribution in [2.45, 2.75) is 37.6 Å². The molecule has 14 heavy (non-hydrogen) atoms. The van der Waals surface area contributed by atoms with Gasteiger partial charge < -0.3 is 29.9 Å². The van der Waals surface area contributed by atoms with Crippen LogP contribution in [0.3, 0.4) is 0 Å². The van der Waals surface area contributed by atoms with E-state index < -0.39 is 37.3 Å². The Morgan fingerprint density at radius 1 is 1.14 bits per heavy atom. The average Bonchev–Trinajstić information content (AvgIpc) is 2.19. The normalized spacial score (nSPS) is 43.9. The van der Waals surface area contributed by atoms with Gasteiger partial charge in [0.1, 0.15) is 24.4 Å². The van der Waals surface area contributed by atoms with Crippen molar-refractivity contribution < 1.29 is 29.9 Å². The van der Waals surface area contributed by atoms with E-state index in [0.717, 1.165) is 0 Å². The Balaban J connectivity index is 2.63. The van der Waals surface area contributed by atoms with Crippen LogP contribution < -0.4 is 0 Å². The van der Waals surface area contributed by atoms with Crippen molar-refractivity contribution in [2.75, 3.05) is 13.2 Å². The largest absolute Gasteiger partial charge is 0.394 e. The van der Waals surface area contributed by atoms with E-state index in [0.29, 0.717) is 6.61 Å². The Morgan fingerprint density at radius 2 is 1.79 bits per heavy atom. The summed E-state index contributed by atoms with van der Waals surface area (Å²) in [6.07, 6.45) is -5.89. The molecule has 4 N–H and O–H groups in total. The van der Waals surface area contributed by atoms with Crippen LogP contribution in [0.4, 0.5) is 0 Å². The van der Waals surface area contributed by atoms with Crippen LogP contribution in [0, 0.1) is 0 Å². The zero-order valence-electron chi connectivity index (χ0n) is 7.91. The van der Waals surface area contributed by atoms with Crippen molar-refractivity contribution in [3.05, 3.63) is 0 Å². The minimum absolute atomic E-state index is 0.308. The van der Waals surface area contributed by atoms with E-state index in [-0.39, 0.29) is 0 Å². The summed E-state index contributed by atoms with van der Waals surface area (Å²) in [7, 11) is 0. The summed E-state index contributed by atoms with van der Waals surface area (Å²) in [4.78, 5) is 0. The van der Waals surface area contributed by atoms with Gasteiger partial charge >= 0.3 is 0 Å². The van der Waals surface area contributed by atoms with Gasteiger partial charge in [-0.05, 0) is 6.92 Å². The van der Waals surface area contributed by atoms with Gasteiger partial charge in [0.15, 0.2) is 6.29 Å². The predicted molar refractivity (Wildman–Crippen MR) is 45.4 cm³/mol. The van der Waals surface area contributed by atoms with Crippen molar-refractivity contribution >= 4 is 0 Å². The fourth-order valence-corrected chi connectivity index (χ4v) is 1.37. The quantitative estimate of drug-likeness (QED) is 0.421. The molecule has 0 saturated carbocycles. The number of hydrogen-bond acceptors (Lipinski definition) is 6. The molecule has 1 heterocycles. The molecule has 1 saturated heterocycles. The number of ether oxygens (including phenoxy) is 2. The third-order valence-electron chi connectivity index (χ3n) is 2.18. The van der Waals surface area contributed by atoms with E-state index in [4.69, 9.17) is 14.6 Å². The van der Waals surface area contributed by atoms with Crippen molar-refractivity contribution in [3.63, 3.8) is 0 Å². The second kappa shape index (κ2) is 5.01. The molecule has 0 bridgehead atoms. The second-order valence-electron chi connectivity index (χ2n) is 3.15. The smallest absolute Gasteiger partial charge is 0.186 e. The fourth-order valence-electron chi connectivity index (χ4n) is 1.37.